The van der Waals surface area contributed by atoms with E-state index in [-0.39, 0.29) is 0 Å². The molecule has 0 amide bonds. The molecule has 0 bridgehead atoms. The summed E-state index contributed by atoms with van der Waals surface area (Å²) in [6.45, 7) is 0. The number of nitrogen functional groups attached to an aromatic ring is 1. The standard InChI is InChI=1S/C26H22N2/c27-24-13-7-12-23-22-16-14-20(18-19-8-3-1-4-9-19)15-17-25(22)28(26(23)24)21-10-5-2-6-11-21/h1-17,20H,18,27H2. The Bertz CT molecular complexity index is 1180. The van der Waals surface area contributed by atoms with E-state index < -0.39 is 0 Å². The maximum Gasteiger partial charge on any atom is 0.0771 e. The molecule has 5 rings (SSSR count). The minimum Gasteiger partial charge on any atom is -0.397 e. The van der Waals surface area contributed by atoms with Crippen LogP contribution in [0.3, 0.4) is 0 Å². The zero-order valence-corrected chi connectivity index (χ0v) is 15.6. The maximum absolute atomic E-state index is 6.41. The average molecular weight is 362 g/mol. The van der Waals surface area contributed by atoms with Gasteiger partial charge in [-0.3, -0.25) is 0 Å². The van der Waals surface area contributed by atoms with Crippen LogP contribution < -0.4 is 5.73 Å². The second kappa shape index (κ2) is 6.90. The van der Waals surface area contributed by atoms with Crippen LogP contribution in [0, 0.1) is 5.92 Å². The van der Waals surface area contributed by atoms with Crippen molar-refractivity contribution < 1.29 is 0 Å². The van der Waals surface area contributed by atoms with Crippen molar-refractivity contribution in [3.8, 4) is 5.69 Å². The second-order valence-corrected chi connectivity index (χ2v) is 7.29. The van der Waals surface area contributed by atoms with Crippen LogP contribution in [0.1, 0.15) is 16.8 Å². The first-order chi connectivity index (χ1) is 13.8. The highest BCUT2D eigenvalue weighted by Crippen LogP contribution is 2.36. The molecule has 1 aromatic heterocycles. The van der Waals surface area contributed by atoms with Crippen molar-refractivity contribution >= 4 is 28.7 Å². The molecule has 0 radical (unpaired) electrons. The molecule has 1 atom stereocenters. The van der Waals surface area contributed by atoms with Crippen LogP contribution in [0.15, 0.2) is 91.0 Å². The first-order valence-electron chi connectivity index (χ1n) is 9.70. The quantitative estimate of drug-likeness (QED) is 0.438. The van der Waals surface area contributed by atoms with Crippen LogP contribution in [0.25, 0.3) is 28.7 Å². The Kier molecular flexibility index (Phi) is 4.10. The summed E-state index contributed by atoms with van der Waals surface area (Å²) in [6.07, 6.45) is 10.2. The van der Waals surface area contributed by atoms with Gasteiger partial charge in [0.1, 0.15) is 0 Å². The number of aromatic nitrogens is 1. The number of benzene rings is 3. The van der Waals surface area contributed by atoms with Crippen molar-refractivity contribution in [2.24, 2.45) is 5.92 Å². The monoisotopic (exact) mass is 362 g/mol. The number of hydrogen-bond donors (Lipinski definition) is 1. The highest BCUT2D eigenvalue weighted by atomic mass is 15.0. The van der Waals surface area contributed by atoms with Crippen molar-refractivity contribution in [1.29, 1.82) is 0 Å². The van der Waals surface area contributed by atoms with Gasteiger partial charge in [0.05, 0.1) is 16.9 Å². The summed E-state index contributed by atoms with van der Waals surface area (Å²) in [7, 11) is 0. The van der Waals surface area contributed by atoms with Crippen LogP contribution >= 0.6 is 0 Å². The molecule has 1 aliphatic carbocycles. The summed E-state index contributed by atoms with van der Waals surface area (Å²) in [5, 5.41) is 1.19. The van der Waals surface area contributed by atoms with Gasteiger partial charge in [-0.1, -0.05) is 78.9 Å². The molecule has 0 fully saturated rings. The lowest BCUT2D eigenvalue weighted by Gasteiger charge is -2.11. The Morgan fingerprint density at radius 3 is 2.25 bits per heavy atom. The van der Waals surface area contributed by atoms with E-state index >= 15 is 0 Å². The second-order valence-electron chi connectivity index (χ2n) is 7.29. The first-order valence-corrected chi connectivity index (χ1v) is 9.70. The Balaban J connectivity index is 1.66. The zero-order valence-electron chi connectivity index (χ0n) is 15.6. The summed E-state index contributed by atoms with van der Waals surface area (Å²) in [5.74, 6) is 0.370. The predicted molar refractivity (Wildman–Crippen MR) is 119 cm³/mol. The molecule has 3 aromatic carbocycles. The molecule has 2 N–H and O–H groups in total. The molecular formula is C26H22N2. The molecule has 2 heteroatoms. The van der Waals surface area contributed by atoms with Gasteiger partial charge in [-0.05, 0) is 42.2 Å². The first kappa shape index (κ1) is 16.6. The predicted octanol–water partition coefficient (Wildman–Crippen LogP) is 6.11. The Morgan fingerprint density at radius 2 is 1.46 bits per heavy atom. The number of para-hydroxylation sites is 2. The zero-order chi connectivity index (χ0) is 18.9. The molecule has 1 heterocycles. The van der Waals surface area contributed by atoms with Crippen LogP contribution in [0.5, 0.6) is 0 Å². The van der Waals surface area contributed by atoms with E-state index in [1.807, 2.05) is 18.2 Å². The number of rotatable bonds is 3. The van der Waals surface area contributed by atoms with Crippen LogP contribution in [-0.4, -0.2) is 4.57 Å². The summed E-state index contributed by atoms with van der Waals surface area (Å²) in [4.78, 5) is 0. The smallest absolute Gasteiger partial charge is 0.0771 e. The van der Waals surface area contributed by atoms with Crippen LogP contribution in [0.4, 0.5) is 5.69 Å². The van der Waals surface area contributed by atoms with Gasteiger partial charge in [-0.2, -0.15) is 0 Å². The molecular weight excluding hydrogens is 340 g/mol. The SMILES string of the molecule is Nc1cccc2c3c(n(-c4ccccc4)c12)C=CC(Cc1ccccc1)C=C3. The molecule has 2 nitrogen and oxygen atoms in total. The Labute approximate surface area is 165 Å². The van der Waals surface area contributed by atoms with E-state index in [0.29, 0.717) is 5.92 Å². The van der Waals surface area contributed by atoms with Gasteiger partial charge in [-0.15, -0.1) is 0 Å². The normalized spacial score (nSPS) is 15.5. The Morgan fingerprint density at radius 1 is 0.750 bits per heavy atom. The summed E-state index contributed by atoms with van der Waals surface area (Å²) in [5.41, 5.74) is 13.2. The van der Waals surface area contributed by atoms with Crippen molar-refractivity contribution in [3.05, 3.63) is 108 Å². The molecule has 1 unspecified atom stereocenters. The lowest BCUT2D eigenvalue weighted by Crippen LogP contribution is -2.00. The minimum absolute atomic E-state index is 0.370. The van der Waals surface area contributed by atoms with Gasteiger partial charge in [-0.25, -0.2) is 0 Å². The fourth-order valence-corrected chi connectivity index (χ4v) is 4.11. The van der Waals surface area contributed by atoms with E-state index in [4.69, 9.17) is 5.73 Å². The van der Waals surface area contributed by atoms with Gasteiger partial charge in [0.25, 0.3) is 0 Å². The molecule has 4 aromatic rings. The van der Waals surface area contributed by atoms with Gasteiger partial charge < -0.3 is 10.3 Å². The van der Waals surface area contributed by atoms with Gasteiger partial charge in [0.15, 0.2) is 0 Å². The molecule has 0 aliphatic heterocycles. The molecule has 0 saturated heterocycles. The van der Waals surface area contributed by atoms with Crippen molar-refractivity contribution in [2.45, 2.75) is 6.42 Å². The third-order valence-corrected chi connectivity index (χ3v) is 5.44. The number of hydrogen-bond acceptors (Lipinski definition) is 1. The highest BCUT2D eigenvalue weighted by molar-refractivity contribution is 6.01. The lowest BCUT2D eigenvalue weighted by atomic mass is 9.98. The highest BCUT2D eigenvalue weighted by Gasteiger charge is 2.19. The van der Waals surface area contributed by atoms with Crippen molar-refractivity contribution in [2.75, 3.05) is 5.73 Å². The van der Waals surface area contributed by atoms with Crippen molar-refractivity contribution in [3.63, 3.8) is 0 Å². The molecule has 1 aliphatic rings. The summed E-state index contributed by atoms with van der Waals surface area (Å²) >= 11 is 0. The van der Waals surface area contributed by atoms with Gasteiger partial charge >= 0.3 is 0 Å². The van der Waals surface area contributed by atoms with E-state index in [2.05, 4.69) is 89.5 Å². The van der Waals surface area contributed by atoms with E-state index in [1.54, 1.807) is 0 Å². The van der Waals surface area contributed by atoms with Gasteiger partial charge in [0.2, 0.25) is 0 Å². The number of nitrogens with two attached hydrogens (primary N) is 1. The Hall–Kier alpha value is -3.52. The lowest BCUT2D eigenvalue weighted by molar-refractivity contribution is 0.813. The largest absolute Gasteiger partial charge is 0.397 e. The molecule has 0 saturated carbocycles. The molecule has 0 spiro atoms. The summed E-state index contributed by atoms with van der Waals surface area (Å²) < 4.78 is 2.28. The number of nitrogens with zero attached hydrogens (tertiary/aromatic N) is 1. The van der Waals surface area contributed by atoms with Gasteiger partial charge in [0, 0.05) is 16.6 Å². The third kappa shape index (κ3) is 2.84. The fourth-order valence-electron chi connectivity index (χ4n) is 4.11. The summed E-state index contributed by atoms with van der Waals surface area (Å²) in [6, 6.07) is 27.3. The molecule has 136 valence electrons. The van der Waals surface area contributed by atoms with Crippen LogP contribution in [-0.2, 0) is 6.42 Å². The third-order valence-electron chi connectivity index (χ3n) is 5.44. The number of allylic oxidation sites excluding steroid dienone is 2. The number of anilines is 1. The number of fused-ring (bicyclic) bond motifs is 3. The van der Waals surface area contributed by atoms with E-state index in [1.165, 1.54) is 22.2 Å². The van der Waals surface area contributed by atoms with Crippen LogP contribution in [0.2, 0.25) is 0 Å². The minimum atomic E-state index is 0.370. The van der Waals surface area contributed by atoms with E-state index in [0.717, 1.165) is 23.3 Å². The molecule has 28 heavy (non-hydrogen) atoms. The van der Waals surface area contributed by atoms with Crippen molar-refractivity contribution in [1.82, 2.24) is 4.57 Å². The topological polar surface area (TPSA) is 30.9 Å². The maximum atomic E-state index is 6.41. The van der Waals surface area contributed by atoms with E-state index in [9.17, 15) is 0 Å². The fraction of sp³-hybridized carbons (Fsp3) is 0.0769. The average Bonchev–Trinajstić information content (AvgIpc) is 2.92.